The number of hydrogen-bond donors (Lipinski definition) is 2. The Bertz CT molecular complexity index is 647. The smallest absolute Gasteiger partial charge is 0.229 e. The van der Waals surface area contributed by atoms with Crippen molar-refractivity contribution in [3.05, 3.63) is 41.8 Å². The summed E-state index contributed by atoms with van der Waals surface area (Å²) in [5.41, 5.74) is 1.58. The van der Waals surface area contributed by atoms with Crippen molar-refractivity contribution < 1.29 is 9.50 Å². The van der Waals surface area contributed by atoms with Crippen molar-refractivity contribution >= 4 is 17.5 Å². The van der Waals surface area contributed by atoms with Crippen LogP contribution >= 0.6 is 0 Å². The Morgan fingerprint density at radius 3 is 2.77 bits per heavy atom. The van der Waals surface area contributed by atoms with Crippen molar-refractivity contribution in [3.8, 4) is 0 Å². The van der Waals surface area contributed by atoms with Crippen LogP contribution < -0.4 is 10.2 Å². The van der Waals surface area contributed by atoms with Crippen LogP contribution in [0.15, 0.2) is 30.3 Å². The zero-order valence-corrected chi connectivity index (χ0v) is 12.5. The predicted molar refractivity (Wildman–Crippen MR) is 83.9 cm³/mol. The number of aliphatic hydroxyl groups is 1. The molecule has 1 aliphatic heterocycles. The van der Waals surface area contributed by atoms with Gasteiger partial charge in [-0.2, -0.15) is 4.98 Å². The number of nitrogens with one attached hydrogen (secondary N) is 1. The van der Waals surface area contributed by atoms with Gasteiger partial charge >= 0.3 is 0 Å². The fourth-order valence-corrected chi connectivity index (χ4v) is 2.59. The lowest BCUT2D eigenvalue weighted by Gasteiger charge is -2.31. The van der Waals surface area contributed by atoms with Crippen LogP contribution in [0.5, 0.6) is 0 Å². The molecule has 2 aromatic rings. The topological polar surface area (TPSA) is 61.3 Å². The van der Waals surface area contributed by atoms with Crippen LogP contribution in [0.3, 0.4) is 0 Å². The first-order valence-corrected chi connectivity index (χ1v) is 7.41. The Labute approximate surface area is 128 Å². The first-order chi connectivity index (χ1) is 10.6. The van der Waals surface area contributed by atoms with Crippen LogP contribution in [-0.2, 0) is 0 Å². The van der Waals surface area contributed by atoms with Crippen molar-refractivity contribution in [1.29, 1.82) is 0 Å². The van der Waals surface area contributed by atoms with E-state index in [1.807, 2.05) is 13.0 Å². The van der Waals surface area contributed by atoms with Crippen molar-refractivity contribution in [2.75, 3.05) is 23.3 Å². The van der Waals surface area contributed by atoms with Gasteiger partial charge in [-0.25, -0.2) is 9.37 Å². The van der Waals surface area contributed by atoms with E-state index < -0.39 is 0 Å². The molecule has 1 saturated heterocycles. The van der Waals surface area contributed by atoms with Crippen molar-refractivity contribution in [1.82, 2.24) is 9.97 Å². The van der Waals surface area contributed by atoms with E-state index in [4.69, 9.17) is 0 Å². The highest BCUT2D eigenvalue weighted by molar-refractivity contribution is 5.55. The summed E-state index contributed by atoms with van der Waals surface area (Å²) in [7, 11) is 0. The molecule has 0 spiro atoms. The van der Waals surface area contributed by atoms with Crippen LogP contribution in [-0.4, -0.2) is 34.3 Å². The molecule has 3 rings (SSSR count). The summed E-state index contributed by atoms with van der Waals surface area (Å²) < 4.78 is 12.9. The molecule has 0 saturated carbocycles. The lowest BCUT2D eigenvalue weighted by atomic mass is 10.1. The molecular formula is C16H19FN4O. The van der Waals surface area contributed by atoms with Gasteiger partial charge in [-0.1, -0.05) is 0 Å². The molecule has 6 heteroatoms. The molecule has 5 nitrogen and oxygen atoms in total. The first-order valence-electron chi connectivity index (χ1n) is 7.41. The Balaban J connectivity index is 1.81. The van der Waals surface area contributed by atoms with Gasteiger partial charge in [0.2, 0.25) is 5.95 Å². The second kappa shape index (κ2) is 6.27. The second-order valence-electron chi connectivity index (χ2n) is 5.57. The number of aliphatic hydroxyl groups excluding tert-OH is 1. The molecular weight excluding hydrogens is 283 g/mol. The third kappa shape index (κ3) is 3.51. The zero-order valence-electron chi connectivity index (χ0n) is 12.5. The van der Waals surface area contributed by atoms with E-state index in [1.54, 1.807) is 12.1 Å². The standard InChI is InChI=1S/C16H19FN4O/c1-11-9-15(21-8-2-3-14(22)10-21)20-16(18-11)19-13-6-4-12(17)5-7-13/h4-7,9,14,22H,2-3,8,10H2,1H3,(H,18,19,20). The number of benzene rings is 1. The highest BCUT2D eigenvalue weighted by atomic mass is 19.1. The zero-order chi connectivity index (χ0) is 15.5. The van der Waals surface area contributed by atoms with E-state index >= 15 is 0 Å². The normalized spacial score (nSPS) is 18.3. The molecule has 1 aromatic carbocycles. The largest absolute Gasteiger partial charge is 0.391 e. The predicted octanol–water partition coefficient (Wildman–Crippen LogP) is 2.63. The van der Waals surface area contributed by atoms with E-state index in [9.17, 15) is 9.50 Å². The van der Waals surface area contributed by atoms with Crippen LogP contribution in [0.4, 0.5) is 21.8 Å². The summed E-state index contributed by atoms with van der Waals surface area (Å²) in [6.45, 7) is 3.37. The number of aromatic nitrogens is 2. The number of anilines is 3. The van der Waals surface area contributed by atoms with Gasteiger partial charge in [0.1, 0.15) is 11.6 Å². The monoisotopic (exact) mass is 302 g/mol. The molecule has 0 radical (unpaired) electrons. The molecule has 2 N–H and O–H groups in total. The summed E-state index contributed by atoms with van der Waals surface area (Å²) in [5.74, 6) is 0.997. The Morgan fingerprint density at radius 2 is 2.05 bits per heavy atom. The van der Waals surface area contributed by atoms with Crippen LogP contribution in [0, 0.1) is 12.7 Å². The van der Waals surface area contributed by atoms with Crippen molar-refractivity contribution in [2.24, 2.45) is 0 Å². The molecule has 0 amide bonds. The number of piperidine rings is 1. The minimum absolute atomic E-state index is 0.279. The fourth-order valence-electron chi connectivity index (χ4n) is 2.59. The molecule has 22 heavy (non-hydrogen) atoms. The van der Waals surface area contributed by atoms with Gasteiger partial charge in [-0.3, -0.25) is 0 Å². The number of nitrogens with zero attached hydrogens (tertiary/aromatic N) is 3. The highest BCUT2D eigenvalue weighted by Crippen LogP contribution is 2.21. The number of aryl methyl sites for hydroxylation is 1. The summed E-state index contributed by atoms with van der Waals surface area (Å²) in [4.78, 5) is 10.9. The van der Waals surface area contributed by atoms with E-state index in [-0.39, 0.29) is 11.9 Å². The maximum atomic E-state index is 12.9. The third-order valence-electron chi connectivity index (χ3n) is 3.66. The van der Waals surface area contributed by atoms with E-state index in [0.29, 0.717) is 12.5 Å². The highest BCUT2D eigenvalue weighted by Gasteiger charge is 2.19. The Kier molecular flexibility index (Phi) is 4.20. The number of hydrogen-bond acceptors (Lipinski definition) is 5. The minimum atomic E-state index is -0.308. The van der Waals surface area contributed by atoms with Crippen molar-refractivity contribution in [2.45, 2.75) is 25.9 Å². The first kappa shape index (κ1) is 14.7. The molecule has 2 heterocycles. The van der Waals surface area contributed by atoms with Crippen LogP contribution in [0.2, 0.25) is 0 Å². The average Bonchev–Trinajstić information content (AvgIpc) is 2.49. The summed E-state index contributed by atoms with van der Waals surface area (Å²) in [5, 5.41) is 12.9. The van der Waals surface area contributed by atoms with Crippen molar-refractivity contribution in [3.63, 3.8) is 0 Å². The van der Waals surface area contributed by atoms with E-state index in [1.165, 1.54) is 12.1 Å². The summed E-state index contributed by atoms with van der Waals surface area (Å²) >= 11 is 0. The summed E-state index contributed by atoms with van der Waals surface area (Å²) in [6.07, 6.45) is 1.48. The van der Waals surface area contributed by atoms with Gasteiger partial charge in [0.05, 0.1) is 6.10 Å². The van der Waals surface area contributed by atoms with Crippen LogP contribution in [0.25, 0.3) is 0 Å². The number of halogens is 1. The Morgan fingerprint density at radius 1 is 1.27 bits per heavy atom. The quantitative estimate of drug-likeness (QED) is 0.912. The molecule has 0 bridgehead atoms. The molecule has 1 atom stereocenters. The lowest BCUT2D eigenvalue weighted by Crippen LogP contribution is -2.38. The molecule has 116 valence electrons. The number of rotatable bonds is 3. The minimum Gasteiger partial charge on any atom is -0.391 e. The molecule has 1 aromatic heterocycles. The number of β-amino-alcohol motifs (C(OH)–C–C–N with tert-alkyl or cyclic N) is 1. The Hall–Kier alpha value is -2.21. The van der Waals surface area contributed by atoms with E-state index in [2.05, 4.69) is 20.2 Å². The van der Waals surface area contributed by atoms with Gasteiger partial charge in [0.25, 0.3) is 0 Å². The lowest BCUT2D eigenvalue weighted by molar-refractivity contribution is 0.154. The average molecular weight is 302 g/mol. The SMILES string of the molecule is Cc1cc(N2CCCC(O)C2)nc(Nc2ccc(F)cc2)n1. The molecule has 1 aliphatic rings. The van der Waals surface area contributed by atoms with Gasteiger partial charge in [0, 0.05) is 30.5 Å². The fraction of sp³-hybridized carbons (Fsp3) is 0.375. The molecule has 0 aliphatic carbocycles. The third-order valence-corrected chi connectivity index (χ3v) is 3.66. The molecule has 1 unspecified atom stereocenters. The van der Waals surface area contributed by atoms with Crippen LogP contribution in [0.1, 0.15) is 18.5 Å². The van der Waals surface area contributed by atoms with E-state index in [0.717, 1.165) is 36.6 Å². The molecule has 1 fully saturated rings. The second-order valence-corrected chi connectivity index (χ2v) is 5.57. The maximum absolute atomic E-state index is 12.9. The van der Waals surface area contributed by atoms with Gasteiger partial charge in [0.15, 0.2) is 0 Å². The summed E-state index contributed by atoms with van der Waals surface area (Å²) in [6, 6.07) is 7.98. The van der Waals surface area contributed by atoms with Gasteiger partial charge < -0.3 is 15.3 Å². The van der Waals surface area contributed by atoms with Gasteiger partial charge in [-0.05, 0) is 44.0 Å². The van der Waals surface area contributed by atoms with Gasteiger partial charge in [-0.15, -0.1) is 0 Å². The maximum Gasteiger partial charge on any atom is 0.229 e.